The number of likely N-dealkylation sites (N-methyl/N-ethyl adjacent to an activating group) is 1. The summed E-state index contributed by atoms with van der Waals surface area (Å²) in [7, 11) is 0. The molecule has 0 spiro atoms. The van der Waals surface area contributed by atoms with Gasteiger partial charge in [0.15, 0.2) is 0 Å². The molecule has 0 radical (unpaired) electrons. The van der Waals surface area contributed by atoms with Crippen molar-refractivity contribution in [2.24, 2.45) is 0 Å². The Balaban J connectivity index is 2.35. The van der Waals surface area contributed by atoms with E-state index in [1.807, 2.05) is 6.92 Å². The zero-order chi connectivity index (χ0) is 15.4. The highest BCUT2D eigenvalue weighted by molar-refractivity contribution is 5.29. The topological polar surface area (TPSA) is 12.0 Å². The van der Waals surface area contributed by atoms with Crippen LogP contribution in [-0.4, -0.2) is 6.54 Å². The van der Waals surface area contributed by atoms with Crippen molar-refractivity contribution in [1.29, 1.82) is 0 Å². The predicted molar refractivity (Wildman–Crippen MR) is 77.6 cm³/mol. The third kappa shape index (κ3) is 3.64. The van der Waals surface area contributed by atoms with Gasteiger partial charge in [0.25, 0.3) is 0 Å². The molecule has 2 aromatic rings. The first-order valence-electron chi connectivity index (χ1n) is 6.95. The van der Waals surface area contributed by atoms with Gasteiger partial charge < -0.3 is 5.32 Å². The minimum atomic E-state index is -0.606. The largest absolute Gasteiger partial charge is 0.310 e. The van der Waals surface area contributed by atoms with Crippen molar-refractivity contribution in [2.75, 3.05) is 6.54 Å². The van der Waals surface area contributed by atoms with E-state index in [1.54, 1.807) is 19.1 Å². The van der Waals surface area contributed by atoms with Crippen LogP contribution in [0, 0.1) is 24.4 Å². The Morgan fingerprint density at radius 3 is 2.24 bits per heavy atom. The summed E-state index contributed by atoms with van der Waals surface area (Å²) >= 11 is 0. The molecule has 2 rings (SSSR count). The molecule has 1 atom stereocenters. The van der Waals surface area contributed by atoms with Crippen molar-refractivity contribution in [3.05, 3.63) is 70.5 Å². The number of aryl methyl sites for hydroxylation is 1. The summed E-state index contributed by atoms with van der Waals surface area (Å²) in [6, 6.07) is 8.17. The molecule has 0 aliphatic carbocycles. The predicted octanol–water partition coefficient (Wildman–Crippen LogP) is 4.31. The molecule has 112 valence electrons. The third-order valence-corrected chi connectivity index (χ3v) is 3.45. The SMILES string of the molecule is CCNC(Cc1c(F)cccc1F)c1ccc(C)cc1F. The van der Waals surface area contributed by atoms with Gasteiger partial charge in [0, 0.05) is 17.2 Å². The molecule has 0 aromatic heterocycles. The lowest BCUT2D eigenvalue weighted by molar-refractivity contribution is 0.480. The van der Waals surface area contributed by atoms with E-state index in [1.165, 1.54) is 24.3 Å². The molecule has 0 amide bonds. The van der Waals surface area contributed by atoms with Gasteiger partial charge in [0.1, 0.15) is 17.5 Å². The molecule has 1 nitrogen and oxygen atoms in total. The van der Waals surface area contributed by atoms with Gasteiger partial charge in [-0.3, -0.25) is 0 Å². The van der Waals surface area contributed by atoms with E-state index in [4.69, 9.17) is 0 Å². The molecule has 0 saturated carbocycles. The highest BCUT2D eigenvalue weighted by Gasteiger charge is 2.19. The highest BCUT2D eigenvalue weighted by Crippen LogP contribution is 2.24. The van der Waals surface area contributed by atoms with Gasteiger partial charge in [-0.15, -0.1) is 0 Å². The Kier molecular flexibility index (Phi) is 5.02. The Hall–Kier alpha value is -1.81. The van der Waals surface area contributed by atoms with Crippen LogP contribution in [0.3, 0.4) is 0 Å². The van der Waals surface area contributed by atoms with Crippen molar-refractivity contribution >= 4 is 0 Å². The normalized spacial score (nSPS) is 12.4. The van der Waals surface area contributed by atoms with E-state index in [-0.39, 0.29) is 17.8 Å². The van der Waals surface area contributed by atoms with E-state index >= 15 is 0 Å². The van der Waals surface area contributed by atoms with E-state index in [2.05, 4.69) is 5.32 Å². The maximum absolute atomic E-state index is 14.1. The molecule has 1 N–H and O–H groups in total. The summed E-state index contributed by atoms with van der Waals surface area (Å²) in [5, 5.41) is 3.09. The molecule has 0 bridgehead atoms. The number of hydrogen-bond donors (Lipinski definition) is 1. The molecule has 21 heavy (non-hydrogen) atoms. The number of nitrogens with one attached hydrogen (secondary N) is 1. The van der Waals surface area contributed by atoms with Gasteiger partial charge in [-0.05, 0) is 43.7 Å². The second-order valence-corrected chi connectivity index (χ2v) is 5.04. The molecule has 4 heteroatoms. The van der Waals surface area contributed by atoms with Crippen LogP contribution in [0.5, 0.6) is 0 Å². The van der Waals surface area contributed by atoms with Crippen molar-refractivity contribution in [3.63, 3.8) is 0 Å². The fraction of sp³-hybridized carbons (Fsp3) is 0.294. The molecule has 0 saturated heterocycles. The highest BCUT2D eigenvalue weighted by atomic mass is 19.1. The van der Waals surface area contributed by atoms with Crippen molar-refractivity contribution in [3.8, 4) is 0 Å². The summed E-state index contributed by atoms with van der Waals surface area (Å²) in [5.41, 5.74) is 1.21. The Bertz CT molecular complexity index is 605. The van der Waals surface area contributed by atoms with Gasteiger partial charge in [-0.1, -0.05) is 25.1 Å². The average Bonchev–Trinajstić information content (AvgIpc) is 2.42. The summed E-state index contributed by atoms with van der Waals surface area (Å²) in [4.78, 5) is 0. The van der Waals surface area contributed by atoms with Gasteiger partial charge in [-0.25, -0.2) is 13.2 Å². The van der Waals surface area contributed by atoms with E-state index < -0.39 is 17.7 Å². The fourth-order valence-corrected chi connectivity index (χ4v) is 2.38. The molecule has 0 heterocycles. The molecule has 0 aliphatic rings. The van der Waals surface area contributed by atoms with Crippen LogP contribution < -0.4 is 5.32 Å². The maximum atomic E-state index is 14.1. The van der Waals surface area contributed by atoms with Crippen molar-refractivity contribution in [1.82, 2.24) is 5.32 Å². The molecular weight excluding hydrogens is 275 g/mol. The van der Waals surface area contributed by atoms with Crippen LogP contribution in [0.1, 0.15) is 29.7 Å². The first kappa shape index (κ1) is 15.6. The lowest BCUT2D eigenvalue weighted by Crippen LogP contribution is -2.24. The van der Waals surface area contributed by atoms with Gasteiger partial charge >= 0.3 is 0 Å². The number of hydrogen-bond acceptors (Lipinski definition) is 1. The molecule has 0 fully saturated rings. The Labute approximate surface area is 122 Å². The Morgan fingerprint density at radius 2 is 1.67 bits per heavy atom. The number of benzene rings is 2. The fourth-order valence-electron chi connectivity index (χ4n) is 2.38. The minimum Gasteiger partial charge on any atom is -0.310 e. The first-order valence-corrected chi connectivity index (χ1v) is 6.95. The second-order valence-electron chi connectivity index (χ2n) is 5.04. The van der Waals surface area contributed by atoms with Crippen molar-refractivity contribution in [2.45, 2.75) is 26.3 Å². The zero-order valence-corrected chi connectivity index (χ0v) is 12.1. The Morgan fingerprint density at radius 1 is 1.00 bits per heavy atom. The molecule has 1 unspecified atom stereocenters. The minimum absolute atomic E-state index is 0.0246. The number of halogens is 3. The number of rotatable bonds is 5. The van der Waals surface area contributed by atoms with E-state index in [0.29, 0.717) is 12.1 Å². The maximum Gasteiger partial charge on any atom is 0.129 e. The van der Waals surface area contributed by atoms with Gasteiger partial charge in [0.05, 0.1) is 0 Å². The molecule has 2 aromatic carbocycles. The summed E-state index contributed by atoms with van der Waals surface area (Å²) in [6.07, 6.45) is 0.0618. The van der Waals surface area contributed by atoms with Gasteiger partial charge in [0.2, 0.25) is 0 Å². The average molecular weight is 293 g/mol. The van der Waals surface area contributed by atoms with Crippen molar-refractivity contribution < 1.29 is 13.2 Å². The summed E-state index contributed by atoms with van der Waals surface area (Å²) in [6.45, 7) is 4.25. The first-order chi connectivity index (χ1) is 10.0. The standard InChI is InChI=1S/C17H18F3N/c1-3-21-17(12-8-7-11(2)9-16(12)20)10-13-14(18)5-4-6-15(13)19/h4-9,17,21H,3,10H2,1-2H3. The smallest absolute Gasteiger partial charge is 0.129 e. The monoisotopic (exact) mass is 293 g/mol. The summed E-state index contributed by atoms with van der Waals surface area (Å²) in [5.74, 6) is -1.58. The third-order valence-electron chi connectivity index (χ3n) is 3.45. The van der Waals surface area contributed by atoms with Crippen LogP contribution in [-0.2, 0) is 6.42 Å². The van der Waals surface area contributed by atoms with Crippen LogP contribution in [0.2, 0.25) is 0 Å². The van der Waals surface area contributed by atoms with Crippen LogP contribution in [0.25, 0.3) is 0 Å². The van der Waals surface area contributed by atoms with E-state index in [9.17, 15) is 13.2 Å². The lowest BCUT2D eigenvalue weighted by atomic mass is 9.96. The van der Waals surface area contributed by atoms with Gasteiger partial charge in [-0.2, -0.15) is 0 Å². The summed E-state index contributed by atoms with van der Waals surface area (Å²) < 4.78 is 41.6. The van der Waals surface area contributed by atoms with E-state index in [0.717, 1.165) is 5.56 Å². The lowest BCUT2D eigenvalue weighted by Gasteiger charge is -2.20. The second kappa shape index (κ2) is 6.76. The van der Waals surface area contributed by atoms with Crippen LogP contribution >= 0.6 is 0 Å². The van der Waals surface area contributed by atoms with Crippen LogP contribution in [0.15, 0.2) is 36.4 Å². The molecular formula is C17H18F3N. The van der Waals surface area contributed by atoms with Crippen LogP contribution in [0.4, 0.5) is 13.2 Å². The zero-order valence-electron chi connectivity index (χ0n) is 12.1. The molecule has 0 aliphatic heterocycles. The quantitative estimate of drug-likeness (QED) is 0.866.